The topological polar surface area (TPSA) is 49.3 Å². The van der Waals surface area contributed by atoms with Crippen molar-refractivity contribution in [3.8, 4) is 0 Å². The number of aliphatic hydroxyl groups excluding tert-OH is 1. The third-order valence-electron chi connectivity index (χ3n) is 6.75. The van der Waals surface area contributed by atoms with Crippen molar-refractivity contribution in [2.75, 3.05) is 13.2 Å². The van der Waals surface area contributed by atoms with E-state index in [0.717, 1.165) is 25.7 Å². The number of carbonyl (C=O) groups is 1. The number of hydrogen-bond donors (Lipinski definition) is 2. The van der Waals surface area contributed by atoms with Crippen LogP contribution in [0.2, 0.25) is 0 Å². The minimum absolute atomic E-state index is 0.0411. The van der Waals surface area contributed by atoms with Crippen LogP contribution in [0.25, 0.3) is 0 Å². The summed E-state index contributed by atoms with van der Waals surface area (Å²) in [5.74, 6) is 2.23. The maximum atomic E-state index is 12.1. The molecule has 33 heavy (non-hydrogen) atoms. The average Bonchev–Trinajstić information content (AvgIpc) is 3.32. The largest absolute Gasteiger partial charge is 0.396 e. The molecule has 1 aromatic carbocycles. The zero-order valence-electron chi connectivity index (χ0n) is 19.7. The van der Waals surface area contributed by atoms with E-state index in [4.69, 9.17) is 5.11 Å². The maximum Gasteiger partial charge on any atom is 0.243 e. The fourth-order valence-electron chi connectivity index (χ4n) is 4.99. The molecule has 2 aliphatic carbocycles. The molecular formula is C30H39NO2. The molecule has 0 radical (unpaired) electrons. The zero-order chi connectivity index (χ0) is 23.1. The first-order valence-electron chi connectivity index (χ1n) is 12.6. The second-order valence-electron chi connectivity index (χ2n) is 9.10. The molecule has 0 aromatic heterocycles. The molecule has 176 valence electrons. The second kappa shape index (κ2) is 14.5. The second-order valence-corrected chi connectivity index (χ2v) is 9.10. The predicted molar refractivity (Wildman–Crippen MR) is 138 cm³/mol. The Kier molecular flexibility index (Phi) is 11.0. The average molecular weight is 446 g/mol. The van der Waals surface area contributed by atoms with Gasteiger partial charge in [0.15, 0.2) is 0 Å². The third-order valence-corrected chi connectivity index (χ3v) is 6.75. The minimum Gasteiger partial charge on any atom is -0.396 e. The van der Waals surface area contributed by atoms with Gasteiger partial charge in [-0.3, -0.25) is 4.79 Å². The normalized spacial score (nSPS) is 25.0. The Morgan fingerprint density at radius 2 is 1.85 bits per heavy atom. The van der Waals surface area contributed by atoms with Gasteiger partial charge in [0.05, 0.1) is 0 Å². The van der Waals surface area contributed by atoms with E-state index in [1.54, 1.807) is 6.08 Å². The first kappa shape index (κ1) is 25.0. The maximum absolute atomic E-state index is 12.1. The monoisotopic (exact) mass is 445 g/mol. The molecule has 0 heterocycles. The van der Waals surface area contributed by atoms with E-state index >= 15 is 0 Å². The molecule has 2 N–H and O–H groups in total. The van der Waals surface area contributed by atoms with Crippen LogP contribution in [0.3, 0.4) is 0 Å². The Balaban J connectivity index is 1.49. The highest BCUT2D eigenvalue weighted by atomic mass is 16.2. The van der Waals surface area contributed by atoms with Crippen molar-refractivity contribution in [2.24, 2.45) is 23.7 Å². The van der Waals surface area contributed by atoms with Crippen molar-refractivity contribution < 1.29 is 9.90 Å². The number of fused-ring (bicyclic) bond motifs is 1. The molecule has 4 atom stereocenters. The summed E-state index contributed by atoms with van der Waals surface area (Å²) in [5.41, 5.74) is 1.23. The van der Waals surface area contributed by atoms with Crippen molar-refractivity contribution in [1.82, 2.24) is 5.32 Å². The molecule has 1 saturated carbocycles. The summed E-state index contributed by atoms with van der Waals surface area (Å²) in [7, 11) is 0. The van der Waals surface area contributed by atoms with Gasteiger partial charge in [0.1, 0.15) is 0 Å². The first-order valence-corrected chi connectivity index (χ1v) is 12.6. The number of aliphatic hydroxyl groups is 1. The molecule has 3 heteroatoms. The summed E-state index contributed by atoms with van der Waals surface area (Å²) >= 11 is 0. The molecule has 0 aliphatic heterocycles. The van der Waals surface area contributed by atoms with Crippen LogP contribution in [0.5, 0.6) is 0 Å². The summed E-state index contributed by atoms with van der Waals surface area (Å²) in [6.07, 6.45) is 29.1. The van der Waals surface area contributed by atoms with Gasteiger partial charge in [-0.05, 0) is 61.8 Å². The van der Waals surface area contributed by atoms with E-state index in [1.807, 2.05) is 24.3 Å². The van der Waals surface area contributed by atoms with Crippen LogP contribution in [0.4, 0.5) is 0 Å². The van der Waals surface area contributed by atoms with Gasteiger partial charge >= 0.3 is 0 Å². The summed E-state index contributed by atoms with van der Waals surface area (Å²) in [4.78, 5) is 12.1. The van der Waals surface area contributed by atoms with Gasteiger partial charge in [0.2, 0.25) is 5.91 Å². The molecular weight excluding hydrogens is 406 g/mol. The fourth-order valence-corrected chi connectivity index (χ4v) is 4.99. The van der Waals surface area contributed by atoms with Gasteiger partial charge in [-0.15, -0.1) is 0 Å². The molecule has 0 spiro atoms. The van der Waals surface area contributed by atoms with E-state index in [-0.39, 0.29) is 12.5 Å². The summed E-state index contributed by atoms with van der Waals surface area (Å²) in [6, 6.07) is 10.2. The molecule has 3 nitrogen and oxygen atoms in total. The van der Waals surface area contributed by atoms with Crippen LogP contribution < -0.4 is 5.32 Å². The number of unbranched alkanes of at least 4 members (excludes halogenated alkanes) is 2. The summed E-state index contributed by atoms with van der Waals surface area (Å²) < 4.78 is 0. The highest BCUT2D eigenvalue weighted by Gasteiger charge is 2.36. The number of nitrogens with one attached hydrogen (secondary N) is 1. The summed E-state index contributed by atoms with van der Waals surface area (Å²) in [5, 5.41) is 11.8. The van der Waals surface area contributed by atoms with Gasteiger partial charge < -0.3 is 10.4 Å². The Labute approximate surface area is 199 Å². The van der Waals surface area contributed by atoms with Crippen molar-refractivity contribution in [1.29, 1.82) is 0 Å². The van der Waals surface area contributed by atoms with E-state index in [1.165, 1.54) is 24.8 Å². The van der Waals surface area contributed by atoms with Crippen molar-refractivity contribution >= 4 is 5.91 Å². The van der Waals surface area contributed by atoms with Gasteiger partial charge in [-0.25, -0.2) is 0 Å². The Hall–Kier alpha value is -2.65. The highest BCUT2D eigenvalue weighted by molar-refractivity contribution is 5.87. The van der Waals surface area contributed by atoms with Crippen molar-refractivity contribution in [3.63, 3.8) is 0 Å². The number of benzene rings is 1. The zero-order valence-corrected chi connectivity index (χ0v) is 19.7. The minimum atomic E-state index is -0.0411. The summed E-state index contributed by atoms with van der Waals surface area (Å²) in [6.45, 7) is 0.922. The van der Waals surface area contributed by atoms with Gasteiger partial charge in [0, 0.05) is 25.1 Å². The number of hydrogen-bond acceptors (Lipinski definition) is 2. The molecule has 2 aliphatic rings. The number of carbonyl (C=O) groups excluding carboxylic acids is 1. The third kappa shape index (κ3) is 8.66. The molecule has 0 saturated heterocycles. The standard InChI is InChI=1S/C30H39NO2/c32-24-11-4-2-1-3-8-15-26-20-21-27-16-12-18-29(27)28(26)17-9-10-19-30(33)31-23-22-25-13-6-5-7-14-25/h1,3,5-10,13-15,17,19-21,26-29,32H,2,4,11-12,16,18,22-24H2,(H,31,33)/b3-1+,15-8+,17-9-,19-10-/t26-,27+,28+,29-/m1/s1. The lowest BCUT2D eigenvalue weighted by Gasteiger charge is -2.33. The van der Waals surface area contributed by atoms with Crippen LogP contribution in [-0.2, 0) is 11.2 Å². The predicted octanol–water partition coefficient (Wildman–Crippen LogP) is 5.95. The Bertz CT molecular complexity index is 849. The number of allylic oxidation sites excluding steroid dienone is 9. The van der Waals surface area contributed by atoms with Crippen LogP contribution in [0.15, 0.2) is 91.1 Å². The lowest BCUT2D eigenvalue weighted by atomic mass is 9.71. The van der Waals surface area contributed by atoms with Crippen LogP contribution in [0.1, 0.15) is 44.1 Å². The van der Waals surface area contributed by atoms with E-state index < -0.39 is 0 Å². The molecule has 1 fully saturated rings. The van der Waals surface area contributed by atoms with E-state index in [9.17, 15) is 4.79 Å². The quantitative estimate of drug-likeness (QED) is 0.181. The Morgan fingerprint density at radius 1 is 1.00 bits per heavy atom. The highest BCUT2D eigenvalue weighted by Crippen LogP contribution is 2.45. The van der Waals surface area contributed by atoms with Crippen molar-refractivity contribution in [3.05, 3.63) is 96.7 Å². The van der Waals surface area contributed by atoms with E-state index in [0.29, 0.717) is 30.2 Å². The molecule has 0 bridgehead atoms. The van der Waals surface area contributed by atoms with E-state index in [2.05, 4.69) is 66.1 Å². The number of amides is 1. The lowest BCUT2D eigenvalue weighted by molar-refractivity contribution is -0.116. The van der Waals surface area contributed by atoms with Crippen LogP contribution >= 0.6 is 0 Å². The van der Waals surface area contributed by atoms with Gasteiger partial charge in [-0.1, -0.05) is 91.4 Å². The van der Waals surface area contributed by atoms with Gasteiger partial charge in [-0.2, -0.15) is 0 Å². The van der Waals surface area contributed by atoms with Crippen LogP contribution in [0, 0.1) is 23.7 Å². The molecule has 1 aromatic rings. The smallest absolute Gasteiger partial charge is 0.243 e. The van der Waals surface area contributed by atoms with Crippen LogP contribution in [-0.4, -0.2) is 24.2 Å². The Morgan fingerprint density at radius 3 is 2.70 bits per heavy atom. The van der Waals surface area contributed by atoms with Crippen molar-refractivity contribution in [2.45, 2.75) is 44.9 Å². The SMILES string of the molecule is O=C(/C=C\C=C/[C@@H]1[C@@H]2CCC[C@H]2C=C[C@H]1/C=C/C=C/CCCCO)NCCc1ccccc1. The first-order chi connectivity index (χ1) is 16.3. The van der Waals surface area contributed by atoms with Gasteiger partial charge in [0.25, 0.3) is 0 Å². The lowest BCUT2D eigenvalue weighted by Crippen LogP contribution is -2.26. The fraction of sp³-hybridized carbons (Fsp3) is 0.433. The molecule has 3 rings (SSSR count). The molecule has 0 unspecified atom stereocenters. The number of rotatable bonds is 12. The molecule has 1 amide bonds.